The van der Waals surface area contributed by atoms with Crippen molar-refractivity contribution < 1.29 is 27.5 Å². The minimum atomic E-state index is -4.38. The number of carbonyl (C=O) groups is 2. The Balaban J connectivity index is 1.63. The Labute approximate surface area is 185 Å². The second-order valence-corrected chi connectivity index (χ2v) is 8.83. The van der Waals surface area contributed by atoms with Crippen LogP contribution >= 0.6 is 0 Å². The predicted molar refractivity (Wildman–Crippen MR) is 115 cm³/mol. The van der Waals surface area contributed by atoms with Gasteiger partial charge in [-0.05, 0) is 68.5 Å². The number of likely N-dealkylation sites (tertiary alicyclic amines) is 1. The average molecular weight is 448 g/mol. The maximum absolute atomic E-state index is 12.8. The molecule has 2 aromatic carbocycles. The highest BCUT2D eigenvalue weighted by atomic mass is 19.4. The molecule has 1 aliphatic rings. The summed E-state index contributed by atoms with van der Waals surface area (Å²) in [7, 11) is 0. The molecule has 2 amide bonds. The third kappa shape index (κ3) is 6.02. The monoisotopic (exact) mass is 448 g/mol. The van der Waals surface area contributed by atoms with Crippen LogP contribution in [0.3, 0.4) is 0 Å². The van der Waals surface area contributed by atoms with Crippen LogP contribution in [0.15, 0.2) is 48.5 Å². The predicted octanol–water partition coefficient (Wildman–Crippen LogP) is 5.39. The maximum atomic E-state index is 12.8. The topological polar surface area (TPSA) is 58.6 Å². The Morgan fingerprint density at radius 1 is 1.06 bits per heavy atom. The van der Waals surface area contributed by atoms with E-state index in [2.05, 4.69) is 5.32 Å². The Morgan fingerprint density at radius 3 is 2.38 bits per heavy atom. The van der Waals surface area contributed by atoms with Crippen molar-refractivity contribution in [3.05, 3.63) is 59.7 Å². The number of alkyl halides is 3. The van der Waals surface area contributed by atoms with Gasteiger partial charge in [0.1, 0.15) is 11.6 Å². The molecule has 5 nitrogen and oxygen atoms in total. The molecule has 0 spiro atoms. The molecule has 8 heteroatoms. The standard InChI is InChI=1S/C24H27F3N2O3/c1-23(2,3)32-22(31)29-13-5-8-20(29)21(30)28-15-16-6-4-7-18(14-16)17-9-11-19(12-10-17)24(25,26)27/h4,6-7,9-12,14,20H,5,8,13,15H2,1-3H3,(H,28,30)/t20-/m0/s1. The fourth-order valence-electron chi connectivity index (χ4n) is 3.60. The molecule has 32 heavy (non-hydrogen) atoms. The van der Waals surface area contributed by atoms with E-state index in [4.69, 9.17) is 4.74 Å². The summed E-state index contributed by atoms with van der Waals surface area (Å²) in [6.07, 6.45) is -3.59. The van der Waals surface area contributed by atoms with Crippen LogP contribution in [0, 0.1) is 0 Å². The second-order valence-electron chi connectivity index (χ2n) is 8.83. The Hall–Kier alpha value is -3.03. The van der Waals surface area contributed by atoms with E-state index in [1.165, 1.54) is 17.0 Å². The lowest BCUT2D eigenvalue weighted by Gasteiger charge is -2.28. The van der Waals surface area contributed by atoms with Gasteiger partial charge >= 0.3 is 12.3 Å². The Kier molecular flexibility index (Phi) is 6.81. The van der Waals surface area contributed by atoms with E-state index in [0.29, 0.717) is 18.5 Å². The molecule has 2 aromatic rings. The van der Waals surface area contributed by atoms with Gasteiger partial charge in [-0.1, -0.05) is 30.3 Å². The van der Waals surface area contributed by atoms with E-state index in [1.807, 2.05) is 12.1 Å². The molecule has 0 bridgehead atoms. The van der Waals surface area contributed by atoms with E-state index in [9.17, 15) is 22.8 Å². The van der Waals surface area contributed by atoms with Crippen LogP contribution in [0.5, 0.6) is 0 Å². The molecule has 1 fully saturated rings. The Morgan fingerprint density at radius 2 is 1.75 bits per heavy atom. The lowest BCUT2D eigenvalue weighted by molar-refractivity contribution is -0.137. The van der Waals surface area contributed by atoms with Crippen LogP contribution in [-0.4, -0.2) is 35.1 Å². The van der Waals surface area contributed by atoms with Gasteiger partial charge < -0.3 is 10.1 Å². The van der Waals surface area contributed by atoms with Crippen LogP contribution in [-0.2, 0) is 22.3 Å². The first-order chi connectivity index (χ1) is 14.9. The van der Waals surface area contributed by atoms with Crippen LogP contribution in [0.2, 0.25) is 0 Å². The molecule has 1 heterocycles. The van der Waals surface area contributed by atoms with Crippen molar-refractivity contribution in [2.75, 3.05) is 6.54 Å². The number of nitrogens with one attached hydrogen (secondary N) is 1. The average Bonchev–Trinajstić information content (AvgIpc) is 3.21. The van der Waals surface area contributed by atoms with Gasteiger partial charge in [0.2, 0.25) is 5.91 Å². The van der Waals surface area contributed by atoms with Gasteiger partial charge in [-0.15, -0.1) is 0 Å². The normalized spacial score (nSPS) is 16.7. The Bertz CT molecular complexity index is 966. The second kappa shape index (κ2) is 9.22. The summed E-state index contributed by atoms with van der Waals surface area (Å²) in [6.45, 7) is 6.04. The first-order valence-corrected chi connectivity index (χ1v) is 10.5. The maximum Gasteiger partial charge on any atom is 0.416 e. The van der Waals surface area contributed by atoms with Crippen molar-refractivity contribution in [1.29, 1.82) is 0 Å². The largest absolute Gasteiger partial charge is 0.444 e. The first-order valence-electron chi connectivity index (χ1n) is 10.5. The molecule has 0 radical (unpaired) electrons. The van der Waals surface area contributed by atoms with Crippen molar-refractivity contribution in [2.45, 2.75) is 58.0 Å². The van der Waals surface area contributed by atoms with Crippen molar-refractivity contribution >= 4 is 12.0 Å². The van der Waals surface area contributed by atoms with Gasteiger partial charge in [0.15, 0.2) is 0 Å². The zero-order valence-electron chi connectivity index (χ0n) is 18.3. The van der Waals surface area contributed by atoms with Crippen LogP contribution in [0.4, 0.5) is 18.0 Å². The SMILES string of the molecule is CC(C)(C)OC(=O)N1CCC[C@H]1C(=O)NCc1cccc(-c2ccc(C(F)(F)F)cc2)c1. The van der Waals surface area contributed by atoms with Gasteiger partial charge in [0, 0.05) is 13.1 Å². The number of nitrogens with zero attached hydrogens (tertiary/aromatic N) is 1. The van der Waals surface area contributed by atoms with E-state index in [-0.39, 0.29) is 12.5 Å². The fraction of sp³-hybridized carbons (Fsp3) is 0.417. The van der Waals surface area contributed by atoms with Crippen LogP contribution < -0.4 is 5.32 Å². The summed E-state index contributed by atoms with van der Waals surface area (Å²) in [4.78, 5) is 26.6. The molecule has 172 valence electrons. The molecule has 1 saturated heterocycles. The number of halogens is 3. The molecular formula is C24H27F3N2O3. The quantitative estimate of drug-likeness (QED) is 0.683. The van der Waals surface area contributed by atoms with Gasteiger partial charge in [0.25, 0.3) is 0 Å². The molecule has 0 saturated carbocycles. The number of rotatable bonds is 4. The number of amides is 2. The molecule has 3 rings (SSSR count). The van der Waals surface area contributed by atoms with E-state index < -0.39 is 29.5 Å². The number of benzene rings is 2. The molecule has 1 atom stereocenters. The molecule has 0 aliphatic carbocycles. The minimum absolute atomic E-state index is 0.242. The first kappa shape index (κ1) is 23.6. The summed E-state index contributed by atoms with van der Waals surface area (Å²) in [5.74, 6) is -0.256. The van der Waals surface area contributed by atoms with Crippen molar-refractivity contribution in [3.8, 4) is 11.1 Å². The zero-order chi connectivity index (χ0) is 23.5. The summed E-state index contributed by atoms with van der Waals surface area (Å²) < 4.78 is 43.7. The van der Waals surface area contributed by atoms with Gasteiger partial charge in [-0.2, -0.15) is 13.2 Å². The highest BCUT2D eigenvalue weighted by molar-refractivity contribution is 5.86. The van der Waals surface area contributed by atoms with Crippen molar-refractivity contribution in [1.82, 2.24) is 10.2 Å². The highest BCUT2D eigenvalue weighted by Crippen LogP contribution is 2.31. The summed E-state index contributed by atoms with van der Waals surface area (Å²) >= 11 is 0. The van der Waals surface area contributed by atoms with Gasteiger partial charge in [-0.3, -0.25) is 9.69 Å². The van der Waals surface area contributed by atoms with Crippen molar-refractivity contribution in [2.24, 2.45) is 0 Å². The number of carbonyl (C=O) groups excluding carboxylic acids is 2. The molecule has 0 aromatic heterocycles. The molecule has 0 unspecified atom stereocenters. The van der Waals surface area contributed by atoms with E-state index >= 15 is 0 Å². The fourth-order valence-corrected chi connectivity index (χ4v) is 3.60. The zero-order valence-corrected chi connectivity index (χ0v) is 18.3. The number of ether oxygens (including phenoxy) is 1. The van der Waals surface area contributed by atoms with Crippen LogP contribution in [0.25, 0.3) is 11.1 Å². The molecular weight excluding hydrogens is 421 g/mol. The summed E-state index contributed by atoms with van der Waals surface area (Å²) in [6, 6.07) is 11.6. The van der Waals surface area contributed by atoms with Gasteiger partial charge in [-0.25, -0.2) is 4.79 Å². The summed E-state index contributed by atoms with van der Waals surface area (Å²) in [5, 5.41) is 2.86. The van der Waals surface area contributed by atoms with Crippen molar-refractivity contribution in [3.63, 3.8) is 0 Å². The van der Waals surface area contributed by atoms with E-state index in [0.717, 1.165) is 29.7 Å². The van der Waals surface area contributed by atoms with Crippen LogP contribution in [0.1, 0.15) is 44.7 Å². The smallest absolute Gasteiger partial charge is 0.416 e. The highest BCUT2D eigenvalue weighted by Gasteiger charge is 2.36. The third-order valence-electron chi connectivity index (χ3n) is 5.12. The summed E-state index contributed by atoms with van der Waals surface area (Å²) in [5.41, 5.74) is 0.868. The minimum Gasteiger partial charge on any atom is -0.444 e. The molecule has 1 N–H and O–H groups in total. The number of hydrogen-bond donors (Lipinski definition) is 1. The van der Waals surface area contributed by atoms with E-state index in [1.54, 1.807) is 32.9 Å². The molecule has 1 aliphatic heterocycles. The van der Waals surface area contributed by atoms with Gasteiger partial charge in [0.05, 0.1) is 5.56 Å². The number of hydrogen-bond acceptors (Lipinski definition) is 3. The third-order valence-corrected chi connectivity index (χ3v) is 5.12. The lowest BCUT2D eigenvalue weighted by atomic mass is 10.0. The lowest BCUT2D eigenvalue weighted by Crippen LogP contribution is -2.47.